The molecule has 1 heterocycles. The van der Waals surface area contributed by atoms with Crippen molar-refractivity contribution >= 4 is 0 Å². The molecular weight excluding hydrogens is 296 g/mol. The molecule has 2 rings (SSSR count). The molecule has 21 heavy (non-hydrogen) atoms. The van der Waals surface area contributed by atoms with Crippen molar-refractivity contribution in [3.8, 4) is 0 Å². The molecule has 0 bridgehead atoms. The maximum Gasteiger partial charge on any atom is 0.411 e. The summed E-state index contributed by atoms with van der Waals surface area (Å²) in [5.74, 6) is 0. The summed E-state index contributed by atoms with van der Waals surface area (Å²) in [5, 5.41) is 0. The van der Waals surface area contributed by atoms with Crippen LogP contribution in [-0.2, 0) is 5.41 Å². The molecule has 112 valence electrons. The summed E-state index contributed by atoms with van der Waals surface area (Å²) in [6.07, 6.45) is -9.41. The van der Waals surface area contributed by atoms with Gasteiger partial charge in [0.05, 0.1) is 0 Å². The van der Waals surface area contributed by atoms with Crippen LogP contribution in [0.2, 0.25) is 0 Å². The summed E-state index contributed by atoms with van der Waals surface area (Å²) < 4.78 is 81.0. The molecule has 0 fully saturated rings. The quantitative estimate of drug-likeness (QED) is 0.745. The van der Waals surface area contributed by atoms with Gasteiger partial charge in [0.25, 0.3) is 0 Å². The molecule has 1 nitrogen and oxygen atoms in total. The molecule has 0 aliphatic carbocycles. The minimum Gasteiger partial charge on any atom is -0.264 e. The van der Waals surface area contributed by atoms with Crippen LogP contribution in [0, 0.1) is 0 Å². The van der Waals surface area contributed by atoms with Gasteiger partial charge in [-0.1, -0.05) is 36.4 Å². The van der Waals surface area contributed by atoms with E-state index >= 15 is 0 Å². The Morgan fingerprint density at radius 3 is 1.62 bits per heavy atom. The van der Waals surface area contributed by atoms with Gasteiger partial charge in [0, 0.05) is 12.4 Å². The standard InChI is InChI=1S/C14H9F6N/c15-13(16,17)12(14(18,19)20,10-5-2-1-3-6-10)11-7-4-8-21-9-11/h1-9H. The maximum absolute atomic E-state index is 13.5. The van der Waals surface area contributed by atoms with Crippen molar-refractivity contribution in [2.45, 2.75) is 17.8 Å². The summed E-state index contributed by atoms with van der Waals surface area (Å²) in [4.78, 5) is 3.40. The molecule has 0 saturated carbocycles. The average Bonchev–Trinajstić information content (AvgIpc) is 2.38. The third-order valence-corrected chi connectivity index (χ3v) is 3.15. The first kappa shape index (κ1) is 15.3. The van der Waals surface area contributed by atoms with E-state index in [0.717, 1.165) is 42.6 Å². The summed E-state index contributed by atoms with van der Waals surface area (Å²) in [7, 11) is 0. The lowest BCUT2D eigenvalue weighted by Crippen LogP contribution is -2.54. The van der Waals surface area contributed by atoms with Crippen molar-refractivity contribution in [1.82, 2.24) is 4.98 Å². The second-order valence-corrected chi connectivity index (χ2v) is 4.35. The van der Waals surface area contributed by atoms with Gasteiger partial charge in [-0.25, -0.2) is 0 Å². The zero-order valence-corrected chi connectivity index (χ0v) is 10.4. The third kappa shape index (κ3) is 2.36. The molecule has 0 N–H and O–H groups in total. The number of alkyl halides is 6. The fraction of sp³-hybridized carbons (Fsp3) is 0.214. The Labute approximate surface area is 116 Å². The van der Waals surface area contributed by atoms with Crippen LogP contribution in [0.5, 0.6) is 0 Å². The number of hydrogen-bond donors (Lipinski definition) is 0. The monoisotopic (exact) mass is 305 g/mol. The van der Waals surface area contributed by atoms with Crippen LogP contribution in [0.25, 0.3) is 0 Å². The zero-order chi connectivity index (χ0) is 15.7. The first-order valence-electron chi connectivity index (χ1n) is 5.80. The lowest BCUT2D eigenvalue weighted by Gasteiger charge is -2.37. The highest BCUT2D eigenvalue weighted by atomic mass is 19.4. The minimum atomic E-state index is -5.56. The molecule has 7 heteroatoms. The van der Waals surface area contributed by atoms with Gasteiger partial charge in [-0.3, -0.25) is 4.98 Å². The Bertz CT molecular complexity index is 533. The van der Waals surface area contributed by atoms with Crippen molar-refractivity contribution in [2.24, 2.45) is 0 Å². The lowest BCUT2D eigenvalue weighted by molar-refractivity contribution is -0.288. The van der Waals surface area contributed by atoms with E-state index in [1.54, 1.807) is 0 Å². The van der Waals surface area contributed by atoms with Gasteiger partial charge in [-0.15, -0.1) is 0 Å². The number of aromatic nitrogens is 1. The molecule has 0 radical (unpaired) electrons. The Kier molecular flexibility index (Phi) is 3.69. The molecule has 0 aliphatic rings. The highest BCUT2D eigenvalue weighted by molar-refractivity contribution is 5.42. The number of hydrogen-bond acceptors (Lipinski definition) is 1. The molecule has 1 aromatic heterocycles. The predicted molar refractivity (Wildman–Crippen MR) is 63.6 cm³/mol. The number of halogens is 6. The highest BCUT2D eigenvalue weighted by Crippen LogP contribution is 2.55. The van der Waals surface area contributed by atoms with E-state index in [-0.39, 0.29) is 0 Å². The van der Waals surface area contributed by atoms with Gasteiger partial charge in [0.2, 0.25) is 5.41 Å². The highest BCUT2D eigenvalue weighted by Gasteiger charge is 2.72. The Morgan fingerprint density at radius 2 is 1.19 bits per heavy atom. The van der Waals surface area contributed by atoms with Crippen LogP contribution in [0.3, 0.4) is 0 Å². The molecule has 0 spiro atoms. The van der Waals surface area contributed by atoms with Gasteiger partial charge in [-0.05, 0) is 17.2 Å². The predicted octanol–water partition coefficient (Wildman–Crippen LogP) is 4.49. The number of nitrogens with zero attached hydrogens (tertiary/aromatic N) is 1. The SMILES string of the molecule is FC(F)(F)C(c1ccccc1)(c1cccnc1)C(F)(F)F. The fourth-order valence-corrected chi connectivity index (χ4v) is 2.25. The minimum absolute atomic E-state index is 0.591. The summed E-state index contributed by atoms with van der Waals surface area (Å²) in [6.45, 7) is 0. The van der Waals surface area contributed by atoms with Crippen LogP contribution in [0.15, 0.2) is 54.9 Å². The normalized spacial score (nSPS) is 13.2. The zero-order valence-electron chi connectivity index (χ0n) is 10.4. The molecule has 0 unspecified atom stereocenters. The summed E-state index contributed by atoms with van der Waals surface area (Å²) in [6, 6.07) is 7.08. The Hall–Kier alpha value is -2.05. The first-order valence-corrected chi connectivity index (χ1v) is 5.80. The summed E-state index contributed by atoms with van der Waals surface area (Å²) in [5.41, 5.74) is -5.95. The van der Waals surface area contributed by atoms with Crippen molar-refractivity contribution < 1.29 is 26.3 Å². The van der Waals surface area contributed by atoms with E-state index in [1.165, 1.54) is 6.07 Å². The first-order chi connectivity index (χ1) is 9.71. The van der Waals surface area contributed by atoms with Crippen molar-refractivity contribution in [3.63, 3.8) is 0 Å². The molecule has 0 saturated heterocycles. The van der Waals surface area contributed by atoms with Gasteiger partial charge in [-0.2, -0.15) is 26.3 Å². The molecule has 0 aliphatic heterocycles. The van der Waals surface area contributed by atoms with Crippen molar-refractivity contribution in [2.75, 3.05) is 0 Å². The summed E-state index contributed by atoms with van der Waals surface area (Å²) >= 11 is 0. The van der Waals surface area contributed by atoms with Crippen LogP contribution in [-0.4, -0.2) is 17.3 Å². The van der Waals surface area contributed by atoms with Gasteiger partial charge >= 0.3 is 12.4 Å². The fourth-order valence-electron chi connectivity index (χ4n) is 2.25. The largest absolute Gasteiger partial charge is 0.411 e. The van der Waals surface area contributed by atoms with Crippen molar-refractivity contribution in [3.05, 3.63) is 66.0 Å². The van der Waals surface area contributed by atoms with Crippen LogP contribution in [0.4, 0.5) is 26.3 Å². The maximum atomic E-state index is 13.5. The van der Waals surface area contributed by atoms with Gasteiger partial charge in [0.15, 0.2) is 0 Å². The molecule has 2 aromatic rings. The average molecular weight is 305 g/mol. The third-order valence-electron chi connectivity index (χ3n) is 3.15. The smallest absolute Gasteiger partial charge is 0.264 e. The van der Waals surface area contributed by atoms with E-state index in [9.17, 15) is 26.3 Å². The van der Waals surface area contributed by atoms with E-state index in [0.29, 0.717) is 6.20 Å². The molecule has 1 aromatic carbocycles. The van der Waals surface area contributed by atoms with E-state index in [1.807, 2.05) is 0 Å². The molecule has 0 atom stereocenters. The Balaban J connectivity index is 2.87. The lowest BCUT2D eigenvalue weighted by atomic mass is 9.73. The second-order valence-electron chi connectivity index (χ2n) is 4.35. The van der Waals surface area contributed by atoms with Crippen LogP contribution >= 0.6 is 0 Å². The van der Waals surface area contributed by atoms with E-state index in [4.69, 9.17) is 0 Å². The number of pyridine rings is 1. The van der Waals surface area contributed by atoms with Crippen LogP contribution < -0.4 is 0 Å². The van der Waals surface area contributed by atoms with Crippen molar-refractivity contribution in [1.29, 1.82) is 0 Å². The second kappa shape index (κ2) is 5.05. The van der Waals surface area contributed by atoms with Gasteiger partial charge < -0.3 is 0 Å². The number of benzene rings is 1. The Morgan fingerprint density at radius 1 is 0.667 bits per heavy atom. The molecular formula is C14H9F6N. The van der Waals surface area contributed by atoms with Gasteiger partial charge in [0.1, 0.15) is 0 Å². The molecule has 0 amide bonds. The van der Waals surface area contributed by atoms with E-state index < -0.39 is 28.9 Å². The number of rotatable bonds is 2. The van der Waals surface area contributed by atoms with Crippen LogP contribution in [0.1, 0.15) is 11.1 Å². The topological polar surface area (TPSA) is 12.9 Å². The van der Waals surface area contributed by atoms with E-state index in [2.05, 4.69) is 4.98 Å².